The van der Waals surface area contributed by atoms with Crippen molar-refractivity contribution in [3.8, 4) is 5.75 Å². The Morgan fingerprint density at radius 2 is 1.96 bits per heavy atom. The number of rotatable bonds is 3. The van der Waals surface area contributed by atoms with Crippen molar-refractivity contribution in [1.82, 2.24) is 0 Å². The van der Waals surface area contributed by atoms with Crippen LogP contribution in [0.5, 0.6) is 5.75 Å². The Hall–Kier alpha value is -2.89. The van der Waals surface area contributed by atoms with E-state index in [1.807, 2.05) is 6.07 Å². The topological polar surface area (TPSA) is 66.8 Å². The van der Waals surface area contributed by atoms with Crippen molar-refractivity contribution >= 4 is 17.6 Å². The average Bonchev–Trinajstić information content (AvgIpc) is 2.82. The maximum absolute atomic E-state index is 14.3. The zero-order chi connectivity index (χ0) is 18.0. The van der Waals surface area contributed by atoms with Gasteiger partial charge in [-0.15, -0.1) is 0 Å². The van der Waals surface area contributed by atoms with E-state index in [2.05, 4.69) is 0 Å². The molecule has 1 amide bonds. The molecular weight excluding hydrogens is 325 g/mol. The Kier molecular flexibility index (Phi) is 4.70. The maximum atomic E-state index is 14.3. The van der Waals surface area contributed by atoms with Crippen LogP contribution in [0, 0.1) is 5.82 Å². The SMILES string of the molecule is COc1ccc2c(c1)CCCCN2C(=O)c1ccc(C(=O)O)cc1F. The van der Waals surface area contributed by atoms with Gasteiger partial charge in [-0.2, -0.15) is 0 Å². The molecule has 0 aliphatic carbocycles. The molecule has 0 bridgehead atoms. The molecule has 2 aromatic carbocycles. The summed E-state index contributed by atoms with van der Waals surface area (Å²) < 4.78 is 19.5. The Bertz CT molecular complexity index is 834. The van der Waals surface area contributed by atoms with Gasteiger partial charge >= 0.3 is 5.97 Å². The minimum Gasteiger partial charge on any atom is -0.497 e. The molecular formula is C19H18FNO4. The van der Waals surface area contributed by atoms with Gasteiger partial charge in [0.25, 0.3) is 5.91 Å². The van der Waals surface area contributed by atoms with Crippen molar-refractivity contribution in [3.63, 3.8) is 0 Å². The van der Waals surface area contributed by atoms with Crippen molar-refractivity contribution in [2.75, 3.05) is 18.6 Å². The molecule has 0 unspecified atom stereocenters. The molecule has 25 heavy (non-hydrogen) atoms. The van der Waals surface area contributed by atoms with E-state index in [9.17, 15) is 14.0 Å². The first-order valence-electron chi connectivity index (χ1n) is 8.03. The number of carbonyl (C=O) groups is 2. The van der Waals surface area contributed by atoms with Crippen LogP contribution in [0.25, 0.3) is 0 Å². The molecule has 0 fully saturated rings. The molecule has 1 heterocycles. The van der Waals surface area contributed by atoms with E-state index >= 15 is 0 Å². The van der Waals surface area contributed by atoms with Crippen LogP contribution < -0.4 is 9.64 Å². The van der Waals surface area contributed by atoms with Crippen LogP contribution in [-0.2, 0) is 6.42 Å². The molecule has 1 aliphatic rings. The van der Waals surface area contributed by atoms with Crippen LogP contribution in [0.15, 0.2) is 36.4 Å². The zero-order valence-electron chi connectivity index (χ0n) is 13.8. The number of hydrogen-bond acceptors (Lipinski definition) is 3. The van der Waals surface area contributed by atoms with Gasteiger partial charge in [-0.1, -0.05) is 0 Å². The van der Waals surface area contributed by atoms with E-state index in [-0.39, 0.29) is 11.1 Å². The lowest BCUT2D eigenvalue weighted by Gasteiger charge is -2.23. The van der Waals surface area contributed by atoms with Gasteiger partial charge in [0.1, 0.15) is 11.6 Å². The van der Waals surface area contributed by atoms with E-state index < -0.39 is 17.7 Å². The molecule has 1 N–H and O–H groups in total. The first-order valence-corrected chi connectivity index (χ1v) is 8.03. The number of carboxylic acids is 1. The van der Waals surface area contributed by atoms with Crippen LogP contribution >= 0.6 is 0 Å². The summed E-state index contributed by atoms with van der Waals surface area (Å²) in [5.74, 6) is -1.82. The predicted molar refractivity (Wildman–Crippen MR) is 91.0 cm³/mol. The van der Waals surface area contributed by atoms with Crippen LogP contribution in [0.3, 0.4) is 0 Å². The fourth-order valence-electron chi connectivity index (χ4n) is 3.04. The second-order valence-electron chi connectivity index (χ2n) is 5.91. The molecule has 0 spiro atoms. The summed E-state index contributed by atoms with van der Waals surface area (Å²) in [4.78, 5) is 25.4. The summed E-state index contributed by atoms with van der Waals surface area (Å²) in [7, 11) is 1.58. The second kappa shape index (κ2) is 6.93. The summed E-state index contributed by atoms with van der Waals surface area (Å²) in [5, 5.41) is 8.93. The van der Waals surface area contributed by atoms with E-state index in [0.29, 0.717) is 12.3 Å². The Morgan fingerprint density at radius 3 is 2.64 bits per heavy atom. The number of fused-ring (bicyclic) bond motifs is 1. The number of halogens is 1. The number of aromatic carboxylic acids is 1. The first kappa shape index (κ1) is 17.0. The smallest absolute Gasteiger partial charge is 0.335 e. The summed E-state index contributed by atoms with van der Waals surface area (Å²) in [6.45, 7) is 0.484. The van der Waals surface area contributed by atoms with Crippen LogP contribution in [0.1, 0.15) is 39.1 Å². The Labute approximate surface area is 144 Å². The molecule has 0 aromatic heterocycles. The number of carbonyl (C=O) groups excluding carboxylic acids is 1. The summed E-state index contributed by atoms with van der Waals surface area (Å²) in [6.07, 6.45) is 2.54. The van der Waals surface area contributed by atoms with E-state index in [4.69, 9.17) is 9.84 Å². The van der Waals surface area contributed by atoms with Gasteiger partial charge in [0.05, 0.1) is 18.2 Å². The number of nitrogens with zero attached hydrogens (tertiary/aromatic N) is 1. The van der Waals surface area contributed by atoms with Crippen LogP contribution in [0.2, 0.25) is 0 Å². The highest BCUT2D eigenvalue weighted by atomic mass is 19.1. The zero-order valence-corrected chi connectivity index (χ0v) is 13.8. The van der Waals surface area contributed by atoms with Gasteiger partial charge in [-0.05, 0) is 61.2 Å². The lowest BCUT2D eigenvalue weighted by Crippen LogP contribution is -2.32. The number of benzene rings is 2. The maximum Gasteiger partial charge on any atom is 0.335 e. The molecule has 130 valence electrons. The lowest BCUT2D eigenvalue weighted by molar-refractivity contribution is 0.0695. The third kappa shape index (κ3) is 3.33. The molecule has 3 rings (SSSR count). The van der Waals surface area contributed by atoms with Gasteiger partial charge in [0.2, 0.25) is 0 Å². The summed E-state index contributed by atoms with van der Waals surface area (Å²) in [6, 6.07) is 8.82. The highest BCUT2D eigenvalue weighted by Crippen LogP contribution is 2.31. The molecule has 0 atom stereocenters. The fourth-order valence-corrected chi connectivity index (χ4v) is 3.04. The van der Waals surface area contributed by atoms with Crippen molar-refractivity contribution in [3.05, 3.63) is 58.9 Å². The van der Waals surface area contributed by atoms with Gasteiger partial charge < -0.3 is 14.7 Å². The number of carboxylic acid groups (broad SMARTS) is 1. The monoisotopic (exact) mass is 343 g/mol. The molecule has 1 aliphatic heterocycles. The van der Waals surface area contributed by atoms with Crippen molar-refractivity contribution in [1.29, 1.82) is 0 Å². The van der Waals surface area contributed by atoms with Gasteiger partial charge in [0.15, 0.2) is 0 Å². The molecule has 2 aromatic rings. The predicted octanol–water partition coefficient (Wildman–Crippen LogP) is 3.52. The van der Waals surface area contributed by atoms with Gasteiger partial charge in [0, 0.05) is 12.2 Å². The first-order chi connectivity index (χ1) is 12.0. The second-order valence-corrected chi connectivity index (χ2v) is 5.91. The highest BCUT2D eigenvalue weighted by molar-refractivity contribution is 6.07. The van der Waals surface area contributed by atoms with E-state index in [0.717, 1.165) is 36.6 Å². The summed E-state index contributed by atoms with van der Waals surface area (Å²) in [5.41, 5.74) is 1.40. The summed E-state index contributed by atoms with van der Waals surface area (Å²) >= 11 is 0. The third-order valence-corrected chi connectivity index (χ3v) is 4.35. The van der Waals surface area contributed by atoms with Crippen molar-refractivity contribution in [2.24, 2.45) is 0 Å². The molecule has 5 nitrogen and oxygen atoms in total. The van der Waals surface area contributed by atoms with E-state index in [1.54, 1.807) is 24.1 Å². The molecule has 0 saturated carbocycles. The number of aryl methyl sites for hydroxylation is 1. The molecule has 6 heteroatoms. The Morgan fingerprint density at radius 1 is 1.16 bits per heavy atom. The van der Waals surface area contributed by atoms with E-state index in [1.165, 1.54) is 12.1 Å². The Balaban J connectivity index is 1.99. The number of ether oxygens (including phenoxy) is 1. The van der Waals surface area contributed by atoms with Gasteiger partial charge in [-0.3, -0.25) is 4.79 Å². The minimum absolute atomic E-state index is 0.131. The standard InChI is InChI=1S/C19H18FNO4/c1-25-14-6-8-17-12(10-14)4-2-3-9-21(17)18(22)15-7-5-13(19(23)24)11-16(15)20/h5-8,10-11H,2-4,9H2,1H3,(H,23,24). The quantitative estimate of drug-likeness (QED) is 0.926. The third-order valence-electron chi connectivity index (χ3n) is 4.35. The lowest BCUT2D eigenvalue weighted by atomic mass is 10.1. The van der Waals surface area contributed by atoms with Gasteiger partial charge in [-0.25, -0.2) is 9.18 Å². The van der Waals surface area contributed by atoms with Crippen molar-refractivity contribution < 1.29 is 23.8 Å². The largest absolute Gasteiger partial charge is 0.497 e. The molecule has 0 radical (unpaired) electrons. The average molecular weight is 343 g/mol. The number of hydrogen-bond donors (Lipinski definition) is 1. The molecule has 0 saturated heterocycles. The number of anilines is 1. The van der Waals surface area contributed by atoms with Crippen molar-refractivity contribution in [2.45, 2.75) is 19.3 Å². The number of amides is 1. The van der Waals surface area contributed by atoms with Crippen LogP contribution in [0.4, 0.5) is 10.1 Å². The van der Waals surface area contributed by atoms with Crippen LogP contribution in [-0.4, -0.2) is 30.6 Å². The normalized spacial score (nSPS) is 13.8. The fraction of sp³-hybridized carbons (Fsp3) is 0.263. The highest BCUT2D eigenvalue weighted by Gasteiger charge is 2.25. The minimum atomic E-state index is -1.23. The number of methoxy groups -OCH3 is 1.